The topological polar surface area (TPSA) is 84.5 Å². The van der Waals surface area contributed by atoms with Crippen molar-refractivity contribution < 1.29 is 14.3 Å². The molecule has 1 atom stereocenters. The Morgan fingerprint density at radius 3 is 2.75 bits per heavy atom. The Balaban J connectivity index is 1.32. The molecule has 0 saturated carbocycles. The Hall–Kier alpha value is -2.96. The van der Waals surface area contributed by atoms with Crippen molar-refractivity contribution in [3.05, 3.63) is 48.7 Å². The largest absolute Gasteiger partial charge is 0.486 e. The van der Waals surface area contributed by atoms with Crippen molar-refractivity contribution in [2.24, 2.45) is 0 Å². The van der Waals surface area contributed by atoms with Crippen LogP contribution >= 0.6 is 0 Å². The second-order valence-electron chi connectivity index (χ2n) is 5.28. The highest BCUT2D eigenvalue weighted by atomic mass is 16.6. The van der Waals surface area contributed by atoms with Gasteiger partial charge in [0.25, 0.3) is 0 Å². The zero-order valence-corrected chi connectivity index (χ0v) is 13.2. The molecule has 24 heavy (non-hydrogen) atoms. The number of hydrogen-bond acceptors (Lipinski definition) is 5. The van der Waals surface area contributed by atoms with E-state index in [2.05, 4.69) is 20.9 Å². The maximum absolute atomic E-state index is 11.8. The lowest BCUT2D eigenvalue weighted by Crippen LogP contribution is -2.45. The molecule has 3 rings (SSSR count). The number of hydrogen-bond donors (Lipinski definition) is 3. The summed E-state index contributed by atoms with van der Waals surface area (Å²) in [5.74, 6) is 2.22. The van der Waals surface area contributed by atoms with Gasteiger partial charge in [0.15, 0.2) is 17.6 Å². The third kappa shape index (κ3) is 4.52. The van der Waals surface area contributed by atoms with Crippen LogP contribution in [0.15, 0.2) is 48.7 Å². The van der Waals surface area contributed by atoms with Crippen molar-refractivity contribution in [3.8, 4) is 11.5 Å². The summed E-state index contributed by atoms with van der Waals surface area (Å²) >= 11 is 0. The first kappa shape index (κ1) is 15.9. The van der Waals surface area contributed by atoms with Crippen LogP contribution in [0.1, 0.15) is 0 Å². The molecule has 1 aromatic carbocycles. The number of carbonyl (C=O) groups is 1. The Kier molecular flexibility index (Phi) is 5.34. The van der Waals surface area contributed by atoms with Gasteiger partial charge in [0.2, 0.25) is 0 Å². The number of pyridine rings is 1. The summed E-state index contributed by atoms with van der Waals surface area (Å²) in [6.07, 6.45) is 1.52. The Morgan fingerprint density at radius 1 is 1.08 bits per heavy atom. The van der Waals surface area contributed by atoms with Crippen LogP contribution in [0.3, 0.4) is 0 Å². The van der Waals surface area contributed by atoms with Crippen LogP contribution in [-0.4, -0.2) is 43.4 Å². The monoisotopic (exact) mass is 328 g/mol. The fourth-order valence-electron chi connectivity index (χ4n) is 2.27. The average Bonchev–Trinajstić information content (AvgIpc) is 2.64. The maximum atomic E-state index is 11.8. The third-order valence-corrected chi connectivity index (χ3v) is 3.44. The summed E-state index contributed by atoms with van der Waals surface area (Å²) in [4.78, 5) is 15.9. The molecule has 126 valence electrons. The van der Waals surface area contributed by atoms with Gasteiger partial charge in [-0.15, -0.1) is 0 Å². The lowest BCUT2D eigenvalue weighted by molar-refractivity contribution is 0.0918. The third-order valence-electron chi connectivity index (χ3n) is 3.44. The van der Waals surface area contributed by atoms with E-state index in [1.807, 2.05) is 42.5 Å². The number of anilines is 1. The predicted molar refractivity (Wildman–Crippen MR) is 90.5 cm³/mol. The first-order chi connectivity index (χ1) is 11.8. The second-order valence-corrected chi connectivity index (χ2v) is 5.28. The molecule has 0 spiro atoms. The number of urea groups is 1. The number of benzene rings is 1. The Labute approximate surface area is 140 Å². The summed E-state index contributed by atoms with van der Waals surface area (Å²) in [7, 11) is 0. The van der Waals surface area contributed by atoms with Crippen molar-refractivity contribution in [1.82, 2.24) is 15.6 Å². The van der Waals surface area contributed by atoms with E-state index >= 15 is 0 Å². The normalized spacial score (nSPS) is 15.4. The quantitative estimate of drug-likeness (QED) is 0.702. The lowest BCUT2D eigenvalue weighted by atomic mass is 10.2. The van der Waals surface area contributed by atoms with Gasteiger partial charge in [0.05, 0.1) is 6.54 Å². The summed E-state index contributed by atoms with van der Waals surface area (Å²) in [6.45, 7) is 1.89. The number of rotatable bonds is 6. The van der Waals surface area contributed by atoms with Crippen LogP contribution in [0.4, 0.5) is 10.6 Å². The molecule has 1 unspecified atom stereocenters. The number of ether oxygens (including phenoxy) is 2. The van der Waals surface area contributed by atoms with E-state index in [9.17, 15) is 4.79 Å². The average molecular weight is 328 g/mol. The minimum absolute atomic E-state index is 0.197. The van der Waals surface area contributed by atoms with Gasteiger partial charge in [-0.05, 0) is 24.3 Å². The lowest BCUT2D eigenvalue weighted by Gasteiger charge is -2.26. The van der Waals surface area contributed by atoms with Gasteiger partial charge in [0.1, 0.15) is 12.4 Å². The smallest absolute Gasteiger partial charge is 0.314 e. The number of amides is 2. The molecule has 1 aliphatic rings. The molecular formula is C17H20N4O3. The zero-order chi connectivity index (χ0) is 16.6. The van der Waals surface area contributed by atoms with Crippen molar-refractivity contribution in [1.29, 1.82) is 0 Å². The molecule has 0 saturated heterocycles. The molecule has 2 heterocycles. The van der Waals surface area contributed by atoms with Crippen molar-refractivity contribution in [2.75, 3.05) is 31.6 Å². The van der Waals surface area contributed by atoms with Gasteiger partial charge in [-0.1, -0.05) is 18.2 Å². The molecule has 7 nitrogen and oxygen atoms in total. The van der Waals surface area contributed by atoms with E-state index in [4.69, 9.17) is 9.47 Å². The highest BCUT2D eigenvalue weighted by Crippen LogP contribution is 2.30. The molecule has 0 aliphatic carbocycles. The standard InChI is InChI=1S/C17H20N4O3/c22-17(20-10-9-19-16-7-3-4-8-18-16)21-11-13-12-23-14-5-1-2-6-15(14)24-13/h1-8,13H,9-12H2,(H,18,19)(H2,20,21,22). The molecule has 7 heteroatoms. The molecule has 0 bridgehead atoms. The zero-order valence-electron chi connectivity index (χ0n) is 13.2. The van der Waals surface area contributed by atoms with Gasteiger partial charge in [-0.25, -0.2) is 9.78 Å². The summed E-state index contributed by atoms with van der Waals surface area (Å²) in [5.41, 5.74) is 0. The van der Waals surface area contributed by atoms with Crippen LogP contribution in [0, 0.1) is 0 Å². The molecule has 2 aromatic rings. The van der Waals surface area contributed by atoms with Crippen molar-refractivity contribution in [3.63, 3.8) is 0 Å². The number of fused-ring (bicyclic) bond motifs is 1. The molecule has 0 fully saturated rings. The SMILES string of the molecule is O=C(NCCNc1ccccn1)NCC1COc2ccccc2O1. The Bertz CT molecular complexity index is 666. The highest BCUT2D eigenvalue weighted by Gasteiger charge is 2.20. The van der Waals surface area contributed by atoms with Crippen LogP contribution in [-0.2, 0) is 0 Å². The van der Waals surface area contributed by atoms with E-state index < -0.39 is 0 Å². The van der Waals surface area contributed by atoms with Crippen LogP contribution in [0.2, 0.25) is 0 Å². The van der Waals surface area contributed by atoms with E-state index in [0.29, 0.717) is 32.0 Å². The second kappa shape index (κ2) is 8.05. The molecule has 0 radical (unpaired) electrons. The van der Waals surface area contributed by atoms with Crippen molar-refractivity contribution in [2.45, 2.75) is 6.10 Å². The number of nitrogens with zero attached hydrogens (tertiary/aromatic N) is 1. The first-order valence-corrected chi connectivity index (χ1v) is 7.86. The first-order valence-electron chi connectivity index (χ1n) is 7.86. The molecule has 1 aliphatic heterocycles. The molecule has 2 amide bonds. The fourth-order valence-corrected chi connectivity index (χ4v) is 2.27. The number of para-hydroxylation sites is 2. The summed E-state index contributed by atoms with van der Waals surface area (Å²) in [5, 5.41) is 8.68. The van der Waals surface area contributed by atoms with E-state index in [1.165, 1.54) is 0 Å². The van der Waals surface area contributed by atoms with Gasteiger partial charge in [0, 0.05) is 19.3 Å². The minimum Gasteiger partial charge on any atom is -0.486 e. The van der Waals surface area contributed by atoms with Gasteiger partial charge in [-0.2, -0.15) is 0 Å². The minimum atomic E-state index is -0.236. The fraction of sp³-hybridized carbons (Fsp3) is 0.294. The van der Waals surface area contributed by atoms with Crippen molar-refractivity contribution >= 4 is 11.8 Å². The van der Waals surface area contributed by atoms with E-state index in [0.717, 1.165) is 11.6 Å². The number of aromatic nitrogens is 1. The predicted octanol–water partition coefficient (Wildman–Crippen LogP) is 1.63. The van der Waals surface area contributed by atoms with E-state index in [-0.39, 0.29) is 12.1 Å². The van der Waals surface area contributed by atoms with Gasteiger partial charge >= 0.3 is 6.03 Å². The van der Waals surface area contributed by atoms with Crippen LogP contribution in [0.25, 0.3) is 0 Å². The van der Waals surface area contributed by atoms with E-state index in [1.54, 1.807) is 6.20 Å². The highest BCUT2D eigenvalue weighted by molar-refractivity contribution is 5.73. The maximum Gasteiger partial charge on any atom is 0.314 e. The number of nitrogens with one attached hydrogen (secondary N) is 3. The Morgan fingerprint density at radius 2 is 1.92 bits per heavy atom. The molecular weight excluding hydrogens is 308 g/mol. The summed E-state index contributed by atoms with van der Waals surface area (Å²) < 4.78 is 11.4. The van der Waals surface area contributed by atoms with Gasteiger partial charge < -0.3 is 25.4 Å². The number of carbonyl (C=O) groups excluding carboxylic acids is 1. The van der Waals surface area contributed by atoms with Gasteiger partial charge in [-0.3, -0.25) is 0 Å². The summed E-state index contributed by atoms with van der Waals surface area (Å²) in [6, 6.07) is 12.9. The molecule has 1 aromatic heterocycles. The molecule has 3 N–H and O–H groups in total. The van der Waals surface area contributed by atoms with Crippen LogP contribution in [0.5, 0.6) is 11.5 Å². The van der Waals surface area contributed by atoms with Crippen LogP contribution < -0.4 is 25.4 Å².